The Morgan fingerprint density at radius 1 is 1.50 bits per heavy atom. The Morgan fingerprint density at radius 3 is 2.90 bits per heavy atom. The molecule has 2 atom stereocenters. The molecule has 0 radical (unpaired) electrons. The molecule has 0 saturated carbocycles. The first-order valence-electron chi connectivity index (χ1n) is 6.59. The molecule has 0 spiro atoms. The second kappa shape index (κ2) is 6.19. The lowest BCUT2D eigenvalue weighted by atomic mass is 10.2. The molecule has 112 valence electrons. The van der Waals surface area contributed by atoms with Crippen LogP contribution in [0.25, 0.3) is 0 Å². The SMILES string of the molecule is CNC(C)c1csc(NC(=O)C2CCCCS2(=O)=O)n1. The van der Waals surface area contributed by atoms with Crippen LogP contribution in [0.4, 0.5) is 5.13 Å². The van der Waals surface area contributed by atoms with Crippen molar-refractivity contribution in [3.8, 4) is 0 Å². The van der Waals surface area contributed by atoms with E-state index >= 15 is 0 Å². The van der Waals surface area contributed by atoms with Gasteiger partial charge in [0.2, 0.25) is 5.91 Å². The standard InChI is InChI=1S/C12H19N3O3S2/c1-8(13-2)9-7-19-12(14-9)15-11(16)10-5-3-4-6-20(10,17)18/h7-8,10,13H,3-6H2,1-2H3,(H,14,15,16). The van der Waals surface area contributed by atoms with Crippen LogP contribution in [-0.2, 0) is 14.6 Å². The van der Waals surface area contributed by atoms with Crippen molar-refractivity contribution in [3.63, 3.8) is 0 Å². The normalized spacial score (nSPS) is 23.2. The number of anilines is 1. The number of rotatable bonds is 4. The molecule has 0 bridgehead atoms. The maximum Gasteiger partial charge on any atom is 0.244 e. The molecular weight excluding hydrogens is 298 g/mol. The molecular formula is C12H19N3O3S2. The van der Waals surface area contributed by atoms with Crippen molar-refractivity contribution in [2.24, 2.45) is 0 Å². The number of carbonyl (C=O) groups is 1. The first-order chi connectivity index (χ1) is 9.44. The van der Waals surface area contributed by atoms with Crippen LogP contribution in [0.2, 0.25) is 0 Å². The van der Waals surface area contributed by atoms with E-state index in [4.69, 9.17) is 0 Å². The van der Waals surface area contributed by atoms with Crippen LogP contribution >= 0.6 is 11.3 Å². The van der Waals surface area contributed by atoms with Gasteiger partial charge in [-0.2, -0.15) is 0 Å². The number of nitrogens with zero attached hydrogens (tertiary/aromatic N) is 1. The maximum absolute atomic E-state index is 12.1. The minimum Gasteiger partial charge on any atom is -0.312 e. The van der Waals surface area contributed by atoms with E-state index in [-0.39, 0.29) is 11.8 Å². The molecule has 1 aliphatic heterocycles. The van der Waals surface area contributed by atoms with E-state index in [9.17, 15) is 13.2 Å². The number of thiazole rings is 1. The van der Waals surface area contributed by atoms with Gasteiger partial charge >= 0.3 is 0 Å². The number of carbonyl (C=O) groups excluding carboxylic acids is 1. The van der Waals surface area contributed by atoms with Crippen LogP contribution in [0.1, 0.15) is 37.9 Å². The Kier molecular flexibility index (Phi) is 4.77. The largest absolute Gasteiger partial charge is 0.312 e. The molecule has 1 saturated heterocycles. The molecule has 1 aliphatic rings. The number of amides is 1. The van der Waals surface area contributed by atoms with Gasteiger partial charge in [-0.05, 0) is 26.8 Å². The van der Waals surface area contributed by atoms with E-state index in [1.165, 1.54) is 11.3 Å². The molecule has 2 N–H and O–H groups in total. The van der Waals surface area contributed by atoms with Crippen LogP contribution in [0.5, 0.6) is 0 Å². The van der Waals surface area contributed by atoms with E-state index < -0.39 is 21.0 Å². The summed E-state index contributed by atoms with van der Waals surface area (Å²) >= 11 is 1.31. The quantitative estimate of drug-likeness (QED) is 0.874. The summed E-state index contributed by atoms with van der Waals surface area (Å²) in [6.45, 7) is 1.96. The van der Waals surface area contributed by atoms with Crippen LogP contribution in [0.3, 0.4) is 0 Å². The predicted molar refractivity (Wildman–Crippen MR) is 79.6 cm³/mol. The summed E-state index contributed by atoms with van der Waals surface area (Å²) in [6, 6.07) is 0.0929. The number of hydrogen-bond acceptors (Lipinski definition) is 6. The molecule has 1 aromatic heterocycles. The van der Waals surface area contributed by atoms with E-state index in [0.717, 1.165) is 12.1 Å². The van der Waals surface area contributed by atoms with Gasteiger partial charge in [-0.3, -0.25) is 4.79 Å². The minimum absolute atomic E-state index is 0.0929. The Morgan fingerprint density at radius 2 is 2.25 bits per heavy atom. The lowest BCUT2D eigenvalue weighted by Crippen LogP contribution is -2.39. The van der Waals surface area contributed by atoms with Gasteiger partial charge in [-0.15, -0.1) is 11.3 Å². The van der Waals surface area contributed by atoms with Gasteiger partial charge < -0.3 is 10.6 Å². The van der Waals surface area contributed by atoms with Gasteiger partial charge in [0, 0.05) is 11.4 Å². The van der Waals surface area contributed by atoms with Crippen molar-refractivity contribution < 1.29 is 13.2 Å². The zero-order valence-electron chi connectivity index (χ0n) is 11.5. The van der Waals surface area contributed by atoms with Gasteiger partial charge in [0.25, 0.3) is 0 Å². The highest BCUT2D eigenvalue weighted by Crippen LogP contribution is 2.24. The summed E-state index contributed by atoms with van der Waals surface area (Å²) in [4.78, 5) is 16.4. The first kappa shape index (κ1) is 15.4. The molecule has 0 aromatic carbocycles. The van der Waals surface area contributed by atoms with Crippen molar-refractivity contribution in [3.05, 3.63) is 11.1 Å². The highest BCUT2D eigenvalue weighted by molar-refractivity contribution is 7.92. The molecule has 0 aliphatic carbocycles. The van der Waals surface area contributed by atoms with E-state index in [1.807, 2.05) is 19.4 Å². The van der Waals surface area contributed by atoms with Crippen LogP contribution in [0, 0.1) is 0 Å². The summed E-state index contributed by atoms with van der Waals surface area (Å²) in [7, 11) is -1.47. The van der Waals surface area contributed by atoms with Gasteiger partial charge in [0.1, 0.15) is 5.25 Å². The van der Waals surface area contributed by atoms with Gasteiger partial charge in [-0.25, -0.2) is 13.4 Å². The Labute approximate surface area is 122 Å². The molecule has 1 fully saturated rings. The number of aromatic nitrogens is 1. The average molecular weight is 317 g/mol. The minimum atomic E-state index is -3.30. The second-order valence-electron chi connectivity index (χ2n) is 4.93. The molecule has 1 amide bonds. The van der Waals surface area contributed by atoms with Crippen molar-refractivity contribution in [1.29, 1.82) is 0 Å². The number of sulfone groups is 1. The third kappa shape index (κ3) is 3.36. The monoisotopic (exact) mass is 317 g/mol. The highest BCUT2D eigenvalue weighted by Gasteiger charge is 2.35. The summed E-state index contributed by atoms with van der Waals surface area (Å²) in [5, 5.41) is 7.07. The highest BCUT2D eigenvalue weighted by atomic mass is 32.2. The molecule has 8 heteroatoms. The summed E-state index contributed by atoms with van der Waals surface area (Å²) in [5.41, 5.74) is 0.833. The third-order valence-corrected chi connectivity index (χ3v) is 6.45. The maximum atomic E-state index is 12.1. The van der Waals surface area contributed by atoms with Gasteiger partial charge in [-0.1, -0.05) is 6.42 Å². The smallest absolute Gasteiger partial charge is 0.244 e. The van der Waals surface area contributed by atoms with E-state index in [2.05, 4.69) is 15.6 Å². The Balaban J connectivity index is 2.06. The summed E-state index contributed by atoms with van der Waals surface area (Å²) in [5.74, 6) is -0.354. The van der Waals surface area contributed by atoms with Gasteiger partial charge in [0.05, 0.1) is 11.4 Å². The fourth-order valence-electron chi connectivity index (χ4n) is 2.13. The van der Waals surface area contributed by atoms with Crippen LogP contribution in [0.15, 0.2) is 5.38 Å². The molecule has 6 nitrogen and oxygen atoms in total. The second-order valence-corrected chi connectivity index (χ2v) is 8.09. The fraction of sp³-hybridized carbons (Fsp3) is 0.667. The van der Waals surface area contributed by atoms with Crippen LogP contribution in [-0.4, -0.2) is 37.4 Å². The van der Waals surface area contributed by atoms with Crippen molar-refractivity contribution in [2.75, 3.05) is 18.1 Å². The van der Waals surface area contributed by atoms with E-state index in [0.29, 0.717) is 18.0 Å². The average Bonchev–Trinajstić information content (AvgIpc) is 2.85. The number of hydrogen-bond donors (Lipinski definition) is 2. The van der Waals surface area contributed by atoms with Crippen molar-refractivity contribution in [1.82, 2.24) is 10.3 Å². The zero-order valence-corrected chi connectivity index (χ0v) is 13.2. The molecule has 2 rings (SSSR count). The molecule has 20 heavy (non-hydrogen) atoms. The topological polar surface area (TPSA) is 88.2 Å². The molecule has 2 unspecified atom stereocenters. The lowest BCUT2D eigenvalue weighted by molar-refractivity contribution is -0.116. The zero-order chi connectivity index (χ0) is 14.8. The van der Waals surface area contributed by atoms with E-state index in [1.54, 1.807) is 0 Å². The number of nitrogens with one attached hydrogen (secondary N) is 2. The molecule has 1 aromatic rings. The Bertz CT molecular complexity index is 583. The third-order valence-electron chi connectivity index (χ3n) is 3.50. The fourth-order valence-corrected chi connectivity index (χ4v) is 4.73. The Hall–Kier alpha value is -0.990. The predicted octanol–water partition coefficient (Wildman–Crippen LogP) is 1.33. The van der Waals surface area contributed by atoms with Gasteiger partial charge in [0.15, 0.2) is 15.0 Å². The lowest BCUT2D eigenvalue weighted by Gasteiger charge is -2.20. The van der Waals surface area contributed by atoms with Crippen molar-refractivity contribution in [2.45, 2.75) is 37.5 Å². The first-order valence-corrected chi connectivity index (χ1v) is 9.18. The molecule has 2 heterocycles. The van der Waals surface area contributed by atoms with Crippen LogP contribution < -0.4 is 10.6 Å². The summed E-state index contributed by atoms with van der Waals surface area (Å²) in [6.07, 6.45) is 1.82. The summed E-state index contributed by atoms with van der Waals surface area (Å²) < 4.78 is 23.8. The van der Waals surface area contributed by atoms with Crippen molar-refractivity contribution >= 4 is 32.2 Å².